The first-order valence-electron chi connectivity index (χ1n) is 12.0. The summed E-state index contributed by atoms with van der Waals surface area (Å²) in [6, 6.07) is -1.50. The zero-order valence-electron chi connectivity index (χ0n) is 19.7. The molecule has 31 heavy (non-hydrogen) atoms. The Morgan fingerprint density at radius 3 is 1.68 bits per heavy atom. The lowest BCUT2D eigenvalue weighted by Gasteiger charge is -2.08. The maximum absolute atomic E-state index is 11.4. The molecule has 0 aromatic rings. The average Bonchev–Trinajstić information content (AvgIpc) is 2.72. The second kappa shape index (κ2) is 23.0. The van der Waals surface area contributed by atoms with Crippen LogP contribution in [-0.4, -0.2) is 46.7 Å². The van der Waals surface area contributed by atoms with Crippen LogP contribution in [0.1, 0.15) is 110 Å². The molecule has 184 valence electrons. The van der Waals surface area contributed by atoms with Gasteiger partial charge in [-0.05, 0) is 32.7 Å². The summed E-state index contributed by atoms with van der Waals surface area (Å²) < 4.78 is 0. The van der Waals surface area contributed by atoms with Crippen molar-refractivity contribution in [2.75, 3.05) is 6.54 Å². The van der Waals surface area contributed by atoms with Crippen molar-refractivity contribution in [1.82, 2.24) is 5.32 Å². The third-order valence-electron chi connectivity index (χ3n) is 5.04. The molecule has 0 radical (unpaired) electrons. The van der Waals surface area contributed by atoms with Gasteiger partial charge in [-0.1, -0.05) is 77.6 Å². The summed E-state index contributed by atoms with van der Waals surface area (Å²) in [5.41, 5.74) is 10.4. The highest BCUT2D eigenvalue weighted by atomic mass is 16.4. The van der Waals surface area contributed by atoms with Gasteiger partial charge in [0.15, 0.2) is 0 Å². The molecule has 7 N–H and O–H groups in total. The molecule has 1 unspecified atom stereocenters. The molecule has 0 fully saturated rings. The van der Waals surface area contributed by atoms with E-state index in [-0.39, 0.29) is 5.91 Å². The highest BCUT2D eigenvalue weighted by molar-refractivity contribution is 5.83. The molecule has 2 atom stereocenters. The number of carbonyl (C=O) groups excluding carboxylic acids is 1. The molecule has 0 aliphatic rings. The molecule has 0 spiro atoms. The van der Waals surface area contributed by atoms with Crippen LogP contribution < -0.4 is 16.8 Å². The quantitative estimate of drug-likeness (QED) is 0.189. The van der Waals surface area contributed by atoms with E-state index < -0.39 is 24.0 Å². The monoisotopic (exact) mass is 445 g/mol. The summed E-state index contributed by atoms with van der Waals surface area (Å²) in [6.07, 6.45) is 16.4. The third kappa shape index (κ3) is 24.5. The van der Waals surface area contributed by atoms with Gasteiger partial charge in [0.25, 0.3) is 0 Å². The third-order valence-corrected chi connectivity index (χ3v) is 5.04. The fraction of sp³-hybridized carbons (Fsp3) is 0.870. The lowest BCUT2D eigenvalue weighted by atomic mass is 10.1. The average molecular weight is 446 g/mol. The summed E-state index contributed by atoms with van der Waals surface area (Å²) in [6.45, 7) is 4.33. The Balaban J connectivity index is 0. The van der Waals surface area contributed by atoms with Crippen LogP contribution in [0.4, 0.5) is 0 Å². The van der Waals surface area contributed by atoms with E-state index in [1.54, 1.807) is 0 Å². The molecule has 0 aliphatic heterocycles. The van der Waals surface area contributed by atoms with Gasteiger partial charge in [0, 0.05) is 6.42 Å². The van der Waals surface area contributed by atoms with Crippen LogP contribution in [0.2, 0.25) is 0 Å². The molecule has 0 heterocycles. The van der Waals surface area contributed by atoms with Gasteiger partial charge in [-0.15, -0.1) is 0 Å². The van der Waals surface area contributed by atoms with Crippen molar-refractivity contribution in [2.24, 2.45) is 11.5 Å². The molecule has 0 rings (SSSR count). The van der Waals surface area contributed by atoms with E-state index in [0.29, 0.717) is 19.4 Å². The van der Waals surface area contributed by atoms with Gasteiger partial charge in [0.05, 0.1) is 0 Å². The minimum absolute atomic E-state index is 0.152. The van der Waals surface area contributed by atoms with Gasteiger partial charge in [0.2, 0.25) is 5.91 Å². The van der Waals surface area contributed by atoms with Crippen molar-refractivity contribution in [2.45, 2.75) is 122 Å². The first-order chi connectivity index (χ1) is 14.8. The van der Waals surface area contributed by atoms with Crippen LogP contribution in [0.3, 0.4) is 0 Å². The molecule has 0 saturated heterocycles. The molecule has 0 saturated carbocycles. The van der Waals surface area contributed by atoms with Gasteiger partial charge in [0.1, 0.15) is 12.1 Å². The molecule has 0 aromatic carbocycles. The summed E-state index contributed by atoms with van der Waals surface area (Å²) in [5, 5.41) is 19.5. The number of rotatable bonds is 19. The van der Waals surface area contributed by atoms with Crippen LogP contribution >= 0.6 is 0 Å². The largest absolute Gasteiger partial charge is 0.480 e. The highest BCUT2D eigenvalue weighted by Gasteiger charge is 2.13. The molecule has 0 aliphatic carbocycles. The first kappa shape index (κ1) is 31.5. The molecular weight excluding hydrogens is 398 g/mol. The van der Waals surface area contributed by atoms with Crippen molar-refractivity contribution in [3.05, 3.63) is 0 Å². The standard InChI is InChI=1S/C17H33NO3.C6H14N2O2/c1-3-4-5-6-7-8-9-10-11-12-13-14-16(19)18-15(2)17(20)21;7-4-2-1-3-5(8)6(9)10/h15H,3-14H2,1-2H3,(H,18,19)(H,20,21);5H,1-4,7-8H2,(H,9,10)/t;5-/m.0/s1. The Bertz CT molecular complexity index is 460. The smallest absolute Gasteiger partial charge is 0.325 e. The molecular formula is C23H47N3O5. The van der Waals surface area contributed by atoms with E-state index in [0.717, 1.165) is 25.7 Å². The minimum Gasteiger partial charge on any atom is -0.480 e. The normalized spacial score (nSPS) is 12.4. The van der Waals surface area contributed by atoms with Gasteiger partial charge < -0.3 is 27.0 Å². The lowest BCUT2D eigenvalue weighted by Crippen LogP contribution is -2.38. The van der Waals surface area contributed by atoms with Crippen LogP contribution in [0.15, 0.2) is 0 Å². The maximum Gasteiger partial charge on any atom is 0.325 e. The Morgan fingerprint density at radius 1 is 0.774 bits per heavy atom. The lowest BCUT2D eigenvalue weighted by molar-refractivity contribution is -0.141. The van der Waals surface area contributed by atoms with Crippen molar-refractivity contribution < 1.29 is 24.6 Å². The van der Waals surface area contributed by atoms with Crippen molar-refractivity contribution in [1.29, 1.82) is 0 Å². The SMILES string of the molecule is CCCCCCCCCCCCCC(=O)NC(C)C(=O)O.NCCCC[C@H](N)C(=O)O. The Kier molecular flexibility index (Phi) is 23.4. The fourth-order valence-corrected chi connectivity index (χ4v) is 2.96. The fourth-order valence-electron chi connectivity index (χ4n) is 2.96. The number of aliphatic carboxylic acids is 2. The zero-order valence-corrected chi connectivity index (χ0v) is 19.7. The number of carboxylic acid groups (broad SMARTS) is 2. The summed E-state index contributed by atoms with van der Waals surface area (Å²) in [4.78, 5) is 32.2. The van der Waals surface area contributed by atoms with E-state index in [2.05, 4.69) is 12.2 Å². The van der Waals surface area contributed by atoms with Gasteiger partial charge in [-0.3, -0.25) is 14.4 Å². The summed E-state index contributed by atoms with van der Waals surface area (Å²) >= 11 is 0. The minimum atomic E-state index is -0.984. The van der Waals surface area contributed by atoms with Crippen LogP contribution in [0.25, 0.3) is 0 Å². The Morgan fingerprint density at radius 2 is 1.26 bits per heavy atom. The van der Waals surface area contributed by atoms with Gasteiger partial charge in [-0.2, -0.15) is 0 Å². The van der Waals surface area contributed by atoms with E-state index in [9.17, 15) is 14.4 Å². The van der Waals surface area contributed by atoms with E-state index in [4.69, 9.17) is 21.7 Å². The molecule has 8 heteroatoms. The number of nitrogens with two attached hydrogens (primary N) is 2. The van der Waals surface area contributed by atoms with Crippen molar-refractivity contribution in [3.63, 3.8) is 0 Å². The second-order valence-electron chi connectivity index (χ2n) is 8.14. The Labute approximate surface area is 188 Å². The summed E-state index contributed by atoms with van der Waals surface area (Å²) in [5.74, 6) is -2.07. The predicted octanol–water partition coefficient (Wildman–Crippen LogP) is 3.80. The van der Waals surface area contributed by atoms with Crippen LogP contribution in [0, 0.1) is 0 Å². The topological polar surface area (TPSA) is 156 Å². The first-order valence-corrected chi connectivity index (χ1v) is 12.0. The number of nitrogens with one attached hydrogen (secondary N) is 1. The van der Waals surface area contributed by atoms with Crippen LogP contribution in [0.5, 0.6) is 0 Å². The van der Waals surface area contributed by atoms with Crippen LogP contribution in [-0.2, 0) is 14.4 Å². The van der Waals surface area contributed by atoms with E-state index in [1.807, 2.05) is 0 Å². The number of unbranched alkanes of at least 4 members (excludes halogenated alkanes) is 11. The van der Waals surface area contributed by atoms with E-state index in [1.165, 1.54) is 64.7 Å². The molecule has 0 bridgehead atoms. The van der Waals surface area contributed by atoms with E-state index >= 15 is 0 Å². The maximum atomic E-state index is 11.4. The predicted molar refractivity (Wildman–Crippen MR) is 125 cm³/mol. The number of amides is 1. The zero-order chi connectivity index (χ0) is 23.9. The molecule has 1 amide bonds. The summed E-state index contributed by atoms with van der Waals surface area (Å²) in [7, 11) is 0. The number of hydrogen-bond acceptors (Lipinski definition) is 5. The van der Waals surface area contributed by atoms with Gasteiger partial charge >= 0.3 is 11.9 Å². The number of hydrogen-bond donors (Lipinski definition) is 5. The number of carboxylic acids is 2. The second-order valence-corrected chi connectivity index (χ2v) is 8.14. The van der Waals surface area contributed by atoms with Crippen molar-refractivity contribution in [3.8, 4) is 0 Å². The Hall–Kier alpha value is -1.67. The molecule has 8 nitrogen and oxygen atoms in total. The van der Waals surface area contributed by atoms with Gasteiger partial charge in [-0.25, -0.2) is 0 Å². The van der Waals surface area contributed by atoms with Crippen molar-refractivity contribution >= 4 is 17.8 Å². The molecule has 0 aromatic heterocycles. The number of carbonyl (C=O) groups is 3. The highest BCUT2D eigenvalue weighted by Crippen LogP contribution is 2.11.